The molecule has 0 spiro atoms. The summed E-state index contributed by atoms with van der Waals surface area (Å²) < 4.78 is 8.74. The fourth-order valence-corrected chi connectivity index (χ4v) is 3.03. The Morgan fingerprint density at radius 2 is 2.08 bits per heavy atom. The van der Waals surface area contributed by atoms with Gasteiger partial charge in [0.1, 0.15) is 18.5 Å². The zero-order chi connectivity index (χ0) is 18.1. The van der Waals surface area contributed by atoms with E-state index in [1.165, 1.54) is 16.2 Å². The van der Waals surface area contributed by atoms with E-state index in [0.717, 1.165) is 5.56 Å². The number of ether oxygens (including phenoxy) is 1. The molecule has 0 saturated heterocycles. The molecular weight excluding hydrogens is 392 g/mol. The van der Waals surface area contributed by atoms with E-state index >= 15 is 0 Å². The molecule has 0 saturated carbocycles. The van der Waals surface area contributed by atoms with Crippen molar-refractivity contribution in [3.05, 3.63) is 55.4 Å². The second kappa shape index (κ2) is 6.85. The second-order valence-electron chi connectivity index (χ2n) is 5.71. The third kappa shape index (κ3) is 3.38. The molecule has 0 radical (unpaired) electrons. The van der Waals surface area contributed by atoms with Crippen molar-refractivity contribution in [2.45, 2.75) is 19.6 Å². The number of aromatic amines is 1. The number of aliphatic hydroxyl groups is 1. The number of nitrogens with one attached hydrogen (secondary N) is 1. The highest BCUT2D eigenvalue weighted by Gasteiger charge is 2.18. The Hall–Kier alpha value is -2.39. The van der Waals surface area contributed by atoms with E-state index in [1.54, 1.807) is 0 Å². The quantitative estimate of drug-likeness (QED) is 0.611. The first kappa shape index (κ1) is 17.4. The number of para-hydroxylation sites is 1. The van der Waals surface area contributed by atoms with Crippen LogP contribution >= 0.6 is 15.9 Å². The summed E-state index contributed by atoms with van der Waals surface area (Å²) >= 11 is 3.27. The van der Waals surface area contributed by atoms with E-state index in [2.05, 4.69) is 25.9 Å². The zero-order valence-electron chi connectivity index (χ0n) is 13.7. The van der Waals surface area contributed by atoms with Crippen LogP contribution in [0, 0.1) is 6.92 Å². The van der Waals surface area contributed by atoms with Gasteiger partial charge in [0.25, 0.3) is 5.56 Å². The van der Waals surface area contributed by atoms with Gasteiger partial charge < -0.3 is 14.4 Å². The third-order valence-corrected chi connectivity index (χ3v) is 4.48. The maximum atomic E-state index is 12.1. The maximum absolute atomic E-state index is 12.1. The lowest BCUT2D eigenvalue weighted by atomic mass is 10.2. The van der Waals surface area contributed by atoms with Gasteiger partial charge in [-0.25, -0.2) is 9.78 Å². The van der Waals surface area contributed by atoms with Crippen molar-refractivity contribution in [1.82, 2.24) is 19.1 Å². The molecule has 2 aromatic heterocycles. The summed E-state index contributed by atoms with van der Waals surface area (Å²) in [7, 11) is 1.52. The first-order valence-corrected chi connectivity index (χ1v) is 8.39. The van der Waals surface area contributed by atoms with Gasteiger partial charge in [0.15, 0.2) is 15.9 Å². The number of aromatic nitrogens is 4. The number of H-pyrrole nitrogens is 1. The summed E-state index contributed by atoms with van der Waals surface area (Å²) in [5, 5.41) is 10.3. The molecule has 3 aromatic rings. The molecule has 0 aliphatic rings. The van der Waals surface area contributed by atoms with E-state index < -0.39 is 17.4 Å². The lowest BCUT2D eigenvalue weighted by Gasteiger charge is -2.15. The molecule has 3 rings (SSSR count). The minimum atomic E-state index is -0.870. The fourth-order valence-electron chi connectivity index (χ4n) is 2.54. The Labute approximate surface area is 150 Å². The van der Waals surface area contributed by atoms with Gasteiger partial charge in [0.05, 0.1) is 6.54 Å². The van der Waals surface area contributed by atoms with Crippen LogP contribution in [0.25, 0.3) is 11.2 Å². The van der Waals surface area contributed by atoms with E-state index in [0.29, 0.717) is 10.5 Å². The van der Waals surface area contributed by atoms with Crippen LogP contribution in [0.5, 0.6) is 5.75 Å². The number of imidazole rings is 1. The Kier molecular flexibility index (Phi) is 4.78. The average Bonchev–Trinajstić information content (AvgIpc) is 2.89. The van der Waals surface area contributed by atoms with Crippen molar-refractivity contribution < 1.29 is 9.84 Å². The Balaban J connectivity index is 1.84. The number of hydrogen-bond donors (Lipinski definition) is 2. The second-order valence-corrected chi connectivity index (χ2v) is 6.42. The molecule has 25 heavy (non-hydrogen) atoms. The van der Waals surface area contributed by atoms with E-state index in [-0.39, 0.29) is 24.3 Å². The van der Waals surface area contributed by atoms with Crippen LogP contribution in [0.1, 0.15) is 5.56 Å². The molecule has 2 N–H and O–H groups in total. The third-order valence-electron chi connectivity index (χ3n) is 3.88. The molecule has 1 atom stereocenters. The van der Waals surface area contributed by atoms with Crippen LogP contribution in [0.3, 0.4) is 0 Å². The van der Waals surface area contributed by atoms with E-state index in [9.17, 15) is 14.7 Å². The maximum Gasteiger partial charge on any atom is 0.329 e. The summed E-state index contributed by atoms with van der Waals surface area (Å²) in [6, 6.07) is 7.51. The highest BCUT2D eigenvalue weighted by Crippen LogP contribution is 2.18. The topological polar surface area (TPSA) is 102 Å². The molecule has 0 amide bonds. The molecule has 0 fully saturated rings. The number of halogens is 1. The van der Waals surface area contributed by atoms with Gasteiger partial charge in [-0.1, -0.05) is 18.2 Å². The molecular formula is C16H17BrN4O4. The van der Waals surface area contributed by atoms with Crippen LogP contribution in [0.4, 0.5) is 0 Å². The van der Waals surface area contributed by atoms with Crippen LogP contribution < -0.4 is 16.0 Å². The molecule has 0 aliphatic carbocycles. The molecule has 0 unspecified atom stereocenters. The van der Waals surface area contributed by atoms with Gasteiger partial charge in [-0.05, 0) is 34.5 Å². The van der Waals surface area contributed by atoms with Crippen molar-refractivity contribution in [3.8, 4) is 5.75 Å². The van der Waals surface area contributed by atoms with Crippen LogP contribution in [0.2, 0.25) is 0 Å². The Morgan fingerprint density at radius 3 is 2.80 bits per heavy atom. The van der Waals surface area contributed by atoms with Gasteiger partial charge in [-0.15, -0.1) is 0 Å². The molecule has 0 aliphatic heterocycles. The number of benzene rings is 1. The number of nitrogens with zero attached hydrogens (tertiary/aromatic N) is 3. The lowest BCUT2D eigenvalue weighted by molar-refractivity contribution is 0.0925. The summed E-state index contributed by atoms with van der Waals surface area (Å²) in [5.41, 5.74) is 0.327. The highest BCUT2D eigenvalue weighted by atomic mass is 79.9. The Morgan fingerprint density at radius 1 is 1.36 bits per heavy atom. The number of aliphatic hydroxyl groups excluding tert-OH is 1. The van der Waals surface area contributed by atoms with Gasteiger partial charge in [-0.2, -0.15) is 0 Å². The molecule has 8 nitrogen and oxygen atoms in total. The van der Waals surface area contributed by atoms with Crippen molar-refractivity contribution >= 4 is 27.1 Å². The standard InChI is InChI=1S/C16H17BrN4O4/c1-9-5-3-4-6-11(9)25-8-10(22)7-21-12-13(18-15(21)17)20(2)16(24)19-14(12)23/h3-6,10,22H,7-8H2,1-2H3,(H,19,23,24)/t10-/m1/s1. The van der Waals surface area contributed by atoms with Gasteiger partial charge in [-0.3, -0.25) is 14.3 Å². The number of fused-ring (bicyclic) bond motifs is 1. The average molecular weight is 409 g/mol. The van der Waals surface area contributed by atoms with Gasteiger partial charge >= 0.3 is 5.69 Å². The highest BCUT2D eigenvalue weighted by molar-refractivity contribution is 9.10. The van der Waals surface area contributed by atoms with Crippen LogP contribution in [0.15, 0.2) is 38.6 Å². The first-order valence-electron chi connectivity index (χ1n) is 7.60. The summed E-state index contributed by atoms with van der Waals surface area (Å²) in [6.45, 7) is 2.06. The molecule has 1 aromatic carbocycles. The summed E-state index contributed by atoms with van der Waals surface area (Å²) in [6.07, 6.45) is -0.870. The molecule has 2 heterocycles. The van der Waals surface area contributed by atoms with Crippen LogP contribution in [-0.2, 0) is 13.6 Å². The predicted molar refractivity (Wildman–Crippen MR) is 96.0 cm³/mol. The largest absolute Gasteiger partial charge is 0.491 e. The number of hydrogen-bond acceptors (Lipinski definition) is 5. The minimum Gasteiger partial charge on any atom is -0.491 e. The normalized spacial score (nSPS) is 12.5. The summed E-state index contributed by atoms with van der Waals surface area (Å²) in [5.74, 6) is 0.691. The van der Waals surface area contributed by atoms with Gasteiger partial charge in [0, 0.05) is 7.05 Å². The fraction of sp³-hybridized carbons (Fsp3) is 0.312. The SMILES string of the molecule is Cc1ccccc1OC[C@H](O)Cn1c(Br)nc2c1c(=O)[nH]c(=O)n2C. The first-order chi connectivity index (χ1) is 11.9. The van der Waals surface area contributed by atoms with Crippen molar-refractivity contribution in [1.29, 1.82) is 0 Å². The van der Waals surface area contributed by atoms with Gasteiger partial charge in [0.2, 0.25) is 0 Å². The van der Waals surface area contributed by atoms with Crippen LogP contribution in [-0.4, -0.2) is 36.9 Å². The predicted octanol–water partition coefficient (Wildman–Crippen LogP) is 0.934. The lowest BCUT2D eigenvalue weighted by Crippen LogP contribution is -2.30. The van der Waals surface area contributed by atoms with Crippen molar-refractivity contribution in [2.24, 2.45) is 7.05 Å². The Bertz CT molecular complexity index is 1040. The van der Waals surface area contributed by atoms with E-state index in [4.69, 9.17) is 4.74 Å². The van der Waals surface area contributed by atoms with Crippen molar-refractivity contribution in [3.63, 3.8) is 0 Å². The smallest absolute Gasteiger partial charge is 0.329 e. The number of aryl methyl sites for hydroxylation is 2. The zero-order valence-corrected chi connectivity index (χ0v) is 15.3. The van der Waals surface area contributed by atoms with E-state index in [1.807, 2.05) is 31.2 Å². The summed E-state index contributed by atoms with van der Waals surface area (Å²) in [4.78, 5) is 30.2. The molecule has 9 heteroatoms. The minimum absolute atomic E-state index is 0.0562. The monoisotopic (exact) mass is 408 g/mol. The molecule has 132 valence electrons. The van der Waals surface area contributed by atoms with Crippen molar-refractivity contribution in [2.75, 3.05) is 6.61 Å². The molecule has 0 bridgehead atoms. The number of rotatable bonds is 5.